The molecular weight excluding hydrogens is 260 g/mol. The van der Waals surface area contributed by atoms with Crippen molar-refractivity contribution in [3.8, 4) is 0 Å². The summed E-state index contributed by atoms with van der Waals surface area (Å²) in [5.41, 5.74) is 5.72. The number of carbonyl (C=O) groups is 2. The highest BCUT2D eigenvalue weighted by atomic mass is 32.2. The van der Waals surface area contributed by atoms with E-state index in [0.717, 1.165) is 6.07 Å². The molecule has 0 aromatic heterocycles. The van der Waals surface area contributed by atoms with Crippen LogP contribution in [-0.4, -0.2) is 31.9 Å². The third-order valence-electron chi connectivity index (χ3n) is 2.20. The first kappa shape index (κ1) is 14.1. The largest absolute Gasteiger partial charge is 0.480 e. The van der Waals surface area contributed by atoms with E-state index in [1.807, 2.05) is 4.72 Å². The zero-order valence-corrected chi connectivity index (χ0v) is 10.3. The second kappa shape index (κ2) is 5.15. The lowest BCUT2D eigenvalue weighted by atomic mass is 10.1. The van der Waals surface area contributed by atoms with Crippen LogP contribution in [-0.2, 0) is 14.8 Å². The summed E-state index contributed by atoms with van der Waals surface area (Å²) >= 11 is 0. The molecule has 4 N–H and O–H groups in total. The normalized spacial score (nSPS) is 11.2. The fourth-order valence-electron chi connectivity index (χ4n) is 1.27. The van der Waals surface area contributed by atoms with Crippen molar-refractivity contribution in [2.45, 2.75) is 11.8 Å². The van der Waals surface area contributed by atoms with Crippen LogP contribution in [0.1, 0.15) is 15.9 Å². The number of sulfonamides is 1. The molecular formula is C10H12N2O5S. The molecule has 0 atom stereocenters. The van der Waals surface area contributed by atoms with E-state index in [4.69, 9.17) is 10.8 Å². The van der Waals surface area contributed by atoms with Gasteiger partial charge in [0.15, 0.2) is 0 Å². The number of carboxylic acid groups (broad SMARTS) is 1. The Morgan fingerprint density at radius 2 is 2.00 bits per heavy atom. The summed E-state index contributed by atoms with van der Waals surface area (Å²) in [4.78, 5) is 21.2. The fourth-order valence-corrected chi connectivity index (χ4v) is 2.27. The predicted octanol–water partition coefficient (Wildman–Crippen LogP) is -0.543. The number of primary amides is 1. The first-order valence-corrected chi connectivity index (χ1v) is 6.34. The Labute approximate surface area is 104 Å². The van der Waals surface area contributed by atoms with Gasteiger partial charge in [0.05, 0.1) is 4.90 Å². The van der Waals surface area contributed by atoms with E-state index < -0.39 is 28.4 Å². The summed E-state index contributed by atoms with van der Waals surface area (Å²) in [6.45, 7) is 0.878. The summed E-state index contributed by atoms with van der Waals surface area (Å²) < 4.78 is 25.3. The lowest BCUT2D eigenvalue weighted by Gasteiger charge is -2.07. The Morgan fingerprint density at radius 3 is 2.50 bits per heavy atom. The fraction of sp³-hybridized carbons (Fsp3) is 0.200. The van der Waals surface area contributed by atoms with Crippen molar-refractivity contribution in [1.29, 1.82) is 0 Å². The van der Waals surface area contributed by atoms with Gasteiger partial charge in [-0.1, -0.05) is 6.07 Å². The van der Waals surface area contributed by atoms with E-state index in [-0.39, 0.29) is 10.5 Å². The molecule has 0 unspecified atom stereocenters. The molecule has 0 aliphatic carbocycles. The molecule has 0 saturated heterocycles. The van der Waals surface area contributed by atoms with Crippen molar-refractivity contribution in [2.75, 3.05) is 6.54 Å². The van der Waals surface area contributed by atoms with Crippen molar-refractivity contribution in [3.63, 3.8) is 0 Å². The SMILES string of the molecule is Cc1ccc(S(=O)(=O)NCC(=O)O)cc1C(N)=O. The number of nitrogens with two attached hydrogens (primary N) is 1. The standard InChI is InChI=1S/C10H12N2O5S/c1-6-2-3-7(4-8(6)10(11)15)18(16,17)12-5-9(13)14/h2-4,12H,5H2,1H3,(H2,11,15)(H,13,14). The molecule has 1 aromatic carbocycles. The van der Waals surface area contributed by atoms with Gasteiger partial charge in [-0.25, -0.2) is 8.42 Å². The summed E-state index contributed by atoms with van der Waals surface area (Å²) in [5.74, 6) is -2.05. The molecule has 18 heavy (non-hydrogen) atoms. The number of nitrogens with one attached hydrogen (secondary N) is 1. The minimum atomic E-state index is -3.97. The molecule has 0 aliphatic rings. The van der Waals surface area contributed by atoms with Crippen molar-refractivity contribution in [2.24, 2.45) is 5.73 Å². The van der Waals surface area contributed by atoms with E-state index in [1.165, 1.54) is 12.1 Å². The minimum absolute atomic E-state index is 0.0770. The summed E-state index contributed by atoms with van der Waals surface area (Å²) in [7, 11) is -3.97. The van der Waals surface area contributed by atoms with E-state index in [9.17, 15) is 18.0 Å². The molecule has 0 radical (unpaired) electrons. The molecule has 0 fully saturated rings. The maximum atomic E-state index is 11.7. The van der Waals surface area contributed by atoms with Crippen LogP contribution < -0.4 is 10.5 Å². The van der Waals surface area contributed by atoms with Crippen molar-refractivity contribution < 1.29 is 23.1 Å². The minimum Gasteiger partial charge on any atom is -0.480 e. The van der Waals surface area contributed by atoms with Crippen molar-refractivity contribution in [1.82, 2.24) is 4.72 Å². The summed E-state index contributed by atoms with van der Waals surface area (Å²) in [5, 5.41) is 8.41. The Balaban J connectivity index is 3.14. The van der Waals surface area contributed by atoms with Gasteiger partial charge in [-0.05, 0) is 24.6 Å². The van der Waals surface area contributed by atoms with Gasteiger partial charge >= 0.3 is 5.97 Å². The van der Waals surface area contributed by atoms with E-state index in [1.54, 1.807) is 6.92 Å². The monoisotopic (exact) mass is 272 g/mol. The first-order chi connectivity index (χ1) is 8.24. The average molecular weight is 272 g/mol. The van der Waals surface area contributed by atoms with Gasteiger partial charge < -0.3 is 10.8 Å². The zero-order chi connectivity index (χ0) is 13.9. The first-order valence-electron chi connectivity index (χ1n) is 4.86. The van der Waals surface area contributed by atoms with Crippen LogP contribution in [0.5, 0.6) is 0 Å². The van der Waals surface area contributed by atoms with Crippen LogP contribution in [0.4, 0.5) is 0 Å². The van der Waals surface area contributed by atoms with Gasteiger partial charge in [-0.15, -0.1) is 0 Å². The number of rotatable bonds is 5. The highest BCUT2D eigenvalue weighted by Crippen LogP contribution is 2.15. The van der Waals surface area contributed by atoms with Crippen LogP contribution in [0.2, 0.25) is 0 Å². The number of carbonyl (C=O) groups excluding carboxylic acids is 1. The molecule has 1 rings (SSSR count). The van der Waals surface area contributed by atoms with Crippen molar-refractivity contribution >= 4 is 21.9 Å². The zero-order valence-electron chi connectivity index (χ0n) is 9.50. The van der Waals surface area contributed by atoms with Gasteiger partial charge in [0, 0.05) is 5.56 Å². The molecule has 0 aliphatic heterocycles. The molecule has 0 saturated carbocycles. The number of aliphatic carboxylic acids is 1. The van der Waals surface area contributed by atoms with Crippen LogP contribution in [0, 0.1) is 6.92 Å². The number of aryl methyl sites for hydroxylation is 1. The number of carboxylic acids is 1. The smallest absolute Gasteiger partial charge is 0.318 e. The van der Waals surface area contributed by atoms with Gasteiger partial charge in [0.1, 0.15) is 6.54 Å². The van der Waals surface area contributed by atoms with Crippen LogP contribution in [0.3, 0.4) is 0 Å². The van der Waals surface area contributed by atoms with Crippen LogP contribution in [0.25, 0.3) is 0 Å². The third-order valence-corrected chi connectivity index (χ3v) is 3.60. The second-order valence-electron chi connectivity index (χ2n) is 3.56. The summed E-state index contributed by atoms with van der Waals surface area (Å²) in [6.07, 6.45) is 0. The van der Waals surface area contributed by atoms with E-state index in [0.29, 0.717) is 5.56 Å². The summed E-state index contributed by atoms with van der Waals surface area (Å²) in [6, 6.07) is 3.81. The number of amides is 1. The maximum absolute atomic E-state index is 11.7. The van der Waals surface area contributed by atoms with Gasteiger partial charge in [-0.2, -0.15) is 4.72 Å². The molecule has 1 aromatic rings. The van der Waals surface area contributed by atoms with Gasteiger partial charge in [0.2, 0.25) is 15.9 Å². The lowest BCUT2D eigenvalue weighted by molar-refractivity contribution is -0.135. The average Bonchev–Trinajstić information content (AvgIpc) is 2.26. The Bertz CT molecular complexity index is 594. The molecule has 7 nitrogen and oxygen atoms in total. The molecule has 0 heterocycles. The van der Waals surface area contributed by atoms with Crippen molar-refractivity contribution in [3.05, 3.63) is 29.3 Å². The molecule has 0 spiro atoms. The molecule has 0 bridgehead atoms. The van der Waals surface area contributed by atoms with Crippen LogP contribution in [0.15, 0.2) is 23.1 Å². The topological polar surface area (TPSA) is 127 Å². The molecule has 98 valence electrons. The van der Waals surface area contributed by atoms with E-state index in [2.05, 4.69) is 0 Å². The lowest BCUT2D eigenvalue weighted by Crippen LogP contribution is -2.29. The molecule has 1 amide bonds. The Morgan fingerprint density at radius 1 is 1.39 bits per heavy atom. The van der Waals surface area contributed by atoms with Gasteiger partial charge in [-0.3, -0.25) is 9.59 Å². The quantitative estimate of drug-likeness (QED) is 0.663. The number of benzene rings is 1. The predicted molar refractivity (Wildman–Crippen MR) is 62.5 cm³/mol. The second-order valence-corrected chi connectivity index (χ2v) is 5.33. The molecule has 8 heteroatoms. The third kappa shape index (κ3) is 3.28. The number of hydrogen-bond donors (Lipinski definition) is 3. The highest BCUT2D eigenvalue weighted by molar-refractivity contribution is 7.89. The van der Waals surface area contributed by atoms with Crippen LogP contribution >= 0.6 is 0 Å². The Hall–Kier alpha value is -1.93. The number of hydrogen-bond acceptors (Lipinski definition) is 4. The highest BCUT2D eigenvalue weighted by Gasteiger charge is 2.17. The maximum Gasteiger partial charge on any atom is 0.318 e. The van der Waals surface area contributed by atoms with Gasteiger partial charge in [0.25, 0.3) is 0 Å². The van der Waals surface area contributed by atoms with E-state index >= 15 is 0 Å². The Kier molecular flexibility index (Phi) is 4.04.